The van der Waals surface area contributed by atoms with Gasteiger partial charge in [0.05, 0.1) is 11.8 Å². The molecule has 118 valence electrons. The van der Waals surface area contributed by atoms with Crippen molar-refractivity contribution in [3.05, 3.63) is 46.2 Å². The van der Waals surface area contributed by atoms with Gasteiger partial charge in [0.25, 0.3) is 0 Å². The number of nitrogens with one attached hydrogen (secondary N) is 1. The van der Waals surface area contributed by atoms with E-state index < -0.39 is 0 Å². The van der Waals surface area contributed by atoms with E-state index in [1.807, 2.05) is 0 Å². The average Bonchev–Trinajstić information content (AvgIpc) is 3.13. The van der Waals surface area contributed by atoms with Crippen LogP contribution in [0.3, 0.4) is 0 Å². The highest BCUT2D eigenvalue weighted by molar-refractivity contribution is 7.16. The maximum Gasteiger partial charge on any atom is 0.249 e. The van der Waals surface area contributed by atoms with Crippen LogP contribution >= 0.6 is 11.3 Å². The van der Waals surface area contributed by atoms with Gasteiger partial charge in [0.2, 0.25) is 5.91 Å². The van der Waals surface area contributed by atoms with E-state index in [-0.39, 0.29) is 5.91 Å². The number of nitriles is 1. The molecule has 1 amide bonds. The van der Waals surface area contributed by atoms with Gasteiger partial charge in [0.15, 0.2) is 0 Å². The third kappa shape index (κ3) is 3.72. The number of amides is 1. The number of anilines is 1. The lowest BCUT2D eigenvalue weighted by Crippen LogP contribution is -2.07. The third-order valence-corrected chi connectivity index (χ3v) is 5.17. The summed E-state index contributed by atoms with van der Waals surface area (Å²) in [5.74, 6) is 0.381. The normalized spacial score (nSPS) is 14.7. The Labute approximate surface area is 139 Å². The molecular weight excluding hydrogens is 308 g/mol. The number of carbonyl (C=O) groups is 1. The van der Waals surface area contributed by atoms with Gasteiger partial charge in [-0.3, -0.25) is 4.79 Å². The molecule has 5 heteroatoms. The summed E-state index contributed by atoms with van der Waals surface area (Å²) in [5.41, 5.74) is 1.79. The van der Waals surface area contributed by atoms with Crippen LogP contribution < -0.4 is 5.32 Å². The number of rotatable bonds is 3. The van der Waals surface area contributed by atoms with E-state index in [1.165, 1.54) is 23.8 Å². The summed E-state index contributed by atoms with van der Waals surface area (Å²) in [7, 11) is 0. The largest absolute Gasteiger partial charge is 0.465 e. The van der Waals surface area contributed by atoms with E-state index >= 15 is 0 Å². The first-order valence-electron chi connectivity index (χ1n) is 7.85. The highest BCUT2D eigenvalue weighted by Gasteiger charge is 2.19. The Morgan fingerprint density at radius 2 is 2.13 bits per heavy atom. The molecule has 0 bridgehead atoms. The van der Waals surface area contributed by atoms with Gasteiger partial charge in [-0.05, 0) is 49.5 Å². The number of carbonyl (C=O) groups excluding carboxylic acids is 1. The Kier molecular flexibility index (Phi) is 4.94. The molecule has 2 aromatic rings. The minimum Gasteiger partial charge on any atom is -0.465 e. The van der Waals surface area contributed by atoms with E-state index in [9.17, 15) is 10.1 Å². The first-order chi connectivity index (χ1) is 11.3. The number of furan rings is 1. The molecule has 0 saturated carbocycles. The fourth-order valence-electron chi connectivity index (χ4n) is 2.82. The van der Waals surface area contributed by atoms with Crippen LogP contribution in [0.5, 0.6) is 0 Å². The number of hydrogen-bond acceptors (Lipinski definition) is 4. The van der Waals surface area contributed by atoms with Crippen LogP contribution in [0.25, 0.3) is 6.08 Å². The molecule has 0 fully saturated rings. The number of hydrogen-bond donors (Lipinski definition) is 1. The fourth-order valence-corrected chi connectivity index (χ4v) is 4.07. The van der Waals surface area contributed by atoms with Crippen LogP contribution in [0.1, 0.15) is 47.4 Å². The molecule has 0 spiro atoms. The Balaban J connectivity index is 1.78. The monoisotopic (exact) mass is 326 g/mol. The van der Waals surface area contributed by atoms with Crippen LogP contribution in [-0.4, -0.2) is 5.91 Å². The van der Waals surface area contributed by atoms with E-state index in [0.29, 0.717) is 16.3 Å². The summed E-state index contributed by atoms with van der Waals surface area (Å²) in [6.45, 7) is 0. The zero-order valence-electron chi connectivity index (χ0n) is 12.8. The van der Waals surface area contributed by atoms with Gasteiger partial charge in [-0.25, -0.2) is 0 Å². The smallest absolute Gasteiger partial charge is 0.249 e. The molecule has 1 aliphatic carbocycles. The van der Waals surface area contributed by atoms with Gasteiger partial charge < -0.3 is 9.73 Å². The molecule has 1 aliphatic rings. The molecule has 2 aromatic heterocycles. The van der Waals surface area contributed by atoms with Gasteiger partial charge >= 0.3 is 0 Å². The van der Waals surface area contributed by atoms with Crippen LogP contribution in [0.2, 0.25) is 0 Å². The summed E-state index contributed by atoms with van der Waals surface area (Å²) in [6, 6.07) is 5.83. The summed E-state index contributed by atoms with van der Waals surface area (Å²) in [5, 5.41) is 13.0. The van der Waals surface area contributed by atoms with Gasteiger partial charge in [-0.1, -0.05) is 12.8 Å². The van der Waals surface area contributed by atoms with Crippen molar-refractivity contribution in [2.24, 2.45) is 0 Å². The van der Waals surface area contributed by atoms with Crippen molar-refractivity contribution in [3.8, 4) is 6.07 Å². The lowest BCUT2D eigenvalue weighted by molar-refractivity contribution is -0.111. The number of fused-ring (bicyclic) bond motifs is 1. The van der Waals surface area contributed by atoms with E-state index in [4.69, 9.17) is 4.42 Å². The van der Waals surface area contributed by atoms with Gasteiger partial charge in [-0.2, -0.15) is 5.26 Å². The second-order valence-electron chi connectivity index (χ2n) is 5.57. The molecule has 0 aliphatic heterocycles. The summed E-state index contributed by atoms with van der Waals surface area (Å²) in [4.78, 5) is 13.3. The standard InChI is InChI=1S/C18H18N2O2S/c19-12-15-14-7-3-1-2-4-8-16(14)23-18(15)20-17(21)10-9-13-6-5-11-22-13/h5-6,9-11H,1-4,7-8H2,(H,20,21)/b10-9+. The summed E-state index contributed by atoms with van der Waals surface area (Å²) >= 11 is 1.55. The molecule has 4 nitrogen and oxygen atoms in total. The zero-order chi connectivity index (χ0) is 16.1. The molecule has 0 radical (unpaired) electrons. The predicted octanol–water partition coefficient (Wildman–Crippen LogP) is 4.52. The molecule has 1 N–H and O–H groups in total. The maximum absolute atomic E-state index is 12.1. The van der Waals surface area contributed by atoms with Gasteiger partial charge in [0, 0.05) is 11.0 Å². The molecule has 3 rings (SSSR count). The average molecular weight is 326 g/mol. The van der Waals surface area contributed by atoms with Crippen molar-refractivity contribution < 1.29 is 9.21 Å². The van der Waals surface area contributed by atoms with Gasteiger partial charge in [-0.15, -0.1) is 11.3 Å². The number of thiophene rings is 1. The molecule has 0 aromatic carbocycles. The summed E-state index contributed by atoms with van der Waals surface area (Å²) in [6.07, 6.45) is 11.3. The molecule has 23 heavy (non-hydrogen) atoms. The molecule has 0 saturated heterocycles. The Hall–Kier alpha value is -2.32. The van der Waals surface area contributed by atoms with Gasteiger partial charge in [0.1, 0.15) is 16.8 Å². The van der Waals surface area contributed by atoms with Crippen LogP contribution in [0.15, 0.2) is 28.9 Å². The molecular formula is C18H18N2O2S. The highest BCUT2D eigenvalue weighted by Crippen LogP contribution is 2.36. The molecule has 0 atom stereocenters. The SMILES string of the molecule is N#Cc1c(NC(=O)/C=C/c2ccco2)sc2c1CCCCCC2. The maximum atomic E-state index is 12.1. The van der Waals surface area contributed by atoms with E-state index in [0.717, 1.165) is 31.2 Å². The number of aryl methyl sites for hydroxylation is 1. The van der Waals surface area contributed by atoms with Crippen molar-refractivity contribution >= 4 is 28.3 Å². The van der Waals surface area contributed by atoms with E-state index in [2.05, 4.69) is 11.4 Å². The van der Waals surface area contributed by atoms with Crippen molar-refractivity contribution in [1.29, 1.82) is 5.26 Å². The predicted molar refractivity (Wildman–Crippen MR) is 91.3 cm³/mol. The fraction of sp³-hybridized carbons (Fsp3) is 0.333. The molecule has 0 unspecified atom stereocenters. The zero-order valence-corrected chi connectivity index (χ0v) is 13.6. The quantitative estimate of drug-likeness (QED) is 0.843. The van der Waals surface area contributed by atoms with E-state index in [1.54, 1.807) is 35.8 Å². The summed E-state index contributed by atoms with van der Waals surface area (Å²) < 4.78 is 5.16. The van der Waals surface area contributed by atoms with Crippen molar-refractivity contribution in [2.75, 3.05) is 5.32 Å². The van der Waals surface area contributed by atoms with Crippen LogP contribution in [0.4, 0.5) is 5.00 Å². The Bertz CT molecular complexity index is 751. The first-order valence-corrected chi connectivity index (χ1v) is 8.67. The van der Waals surface area contributed by atoms with Crippen molar-refractivity contribution in [3.63, 3.8) is 0 Å². The second-order valence-corrected chi connectivity index (χ2v) is 6.68. The van der Waals surface area contributed by atoms with Crippen LogP contribution in [-0.2, 0) is 17.6 Å². The first kappa shape index (κ1) is 15.6. The minimum absolute atomic E-state index is 0.243. The highest BCUT2D eigenvalue weighted by atomic mass is 32.1. The Morgan fingerprint density at radius 1 is 1.30 bits per heavy atom. The molecule has 2 heterocycles. The Morgan fingerprint density at radius 3 is 2.87 bits per heavy atom. The number of nitrogens with zero attached hydrogens (tertiary/aromatic N) is 1. The topological polar surface area (TPSA) is 66.0 Å². The lowest BCUT2D eigenvalue weighted by Gasteiger charge is -2.08. The van der Waals surface area contributed by atoms with Crippen molar-refractivity contribution in [2.45, 2.75) is 38.5 Å². The second kappa shape index (κ2) is 7.30. The minimum atomic E-state index is -0.243. The van der Waals surface area contributed by atoms with Crippen molar-refractivity contribution in [1.82, 2.24) is 0 Å². The third-order valence-electron chi connectivity index (χ3n) is 3.96. The van der Waals surface area contributed by atoms with Crippen LogP contribution in [0, 0.1) is 11.3 Å². The lowest BCUT2D eigenvalue weighted by atomic mass is 9.97.